The minimum atomic E-state index is -0.243. The van der Waals surface area contributed by atoms with Gasteiger partial charge in [0, 0.05) is 24.4 Å². The molecule has 2 aliphatic rings. The van der Waals surface area contributed by atoms with E-state index in [2.05, 4.69) is 5.32 Å². The van der Waals surface area contributed by atoms with Gasteiger partial charge in [-0.1, -0.05) is 18.6 Å². The van der Waals surface area contributed by atoms with Crippen LogP contribution < -0.4 is 5.32 Å². The van der Waals surface area contributed by atoms with Gasteiger partial charge < -0.3 is 5.32 Å². The van der Waals surface area contributed by atoms with Gasteiger partial charge in [0.05, 0.1) is 0 Å². The van der Waals surface area contributed by atoms with Crippen LogP contribution in [-0.2, 0) is 11.2 Å². The zero-order valence-electron chi connectivity index (χ0n) is 11.1. The Hall–Kier alpha value is -1.22. The van der Waals surface area contributed by atoms with Gasteiger partial charge in [0.25, 0.3) is 0 Å². The highest BCUT2D eigenvalue weighted by Gasteiger charge is 2.34. The average molecular weight is 261 g/mol. The van der Waals surface area contributed by atoms with Gasteiger partial charge in [-0.25, -0.2) is 4.39 Å². The van der Waals surface area contributed by atoms with Crippen LogP contribution in [0.4, 0.5) is 4.39 Å². The minimum Gasteiger partial charge on any atom is -0.311 e. The summed E-state index contributed by atoms with van der Waals surface area (Å²) in [4.78, 5) is 12.4. The van der Waals surface area contributed by atoms with E-state index in [1.807, 2.05) is 0 Å². The molecule has 2 nitrogen and oxygen atoms in total. The second-order valence-electron chi connectivity index (χ2n) is 5.93. The average Bonchev–Trinajstić information content (AvgIpc) is 2.41. The van der Waals surface area contributed by atoms with E-state index in [4.69, 9.17) is 0 Å². The Kier molecular flexibility index (Phi) is 3.65. The molecule has 102 valence electrons. The Balaban J connectivity index is 1.62. The van der Waals surface area contributed by atoms with Crippen LogP contribution in [0.5, 0.6) is 0 Å². The number of nitrogens with one attached hydrogen (secondary N) is 1. The van der Waals surface area contributed by atoms with Gasteiger partial charge in [-0.15, -0.1) is 0 Å². The highest BCUT2D eigenvalue weighted by atomic mass is 19.1. The lowest BCUT2D eigenvalue weighted by molar-refractivity contribution is -0.124. The molecule has 2 bridgehead atoms. The zero-order valence-corrected chi connectivity index (χ0v) is 11.1. The van der Waals surface area contributed by atoms with Crippen molar-refractivity contribution in [2.45, 2.75) is 50.6 Å². The second kappa shape index (κ2) is 5.41. The highest BCUT2D eigenvalue weighted by Crippen LogP contribution is 2.30. The third-order valence-electron chi connectivity index (χ3n) is 4.46. The Morgan fingerprint density at radius 2 is 1.79 bits per heavy atom. The third kappa shape index (κ3) is 3.03. The fraction of sp³-hybridized carbons (Fsp3) is 0.562. The molecule has 2 unspecified atom stereocenters. The Labute approximate surface area is 113 Å². The van der Waals surface area contributed by atoms with Crippen molar-refractivity contribution in [2.24, 2.45) is 5.92 Å². The molecule has 1 N–H and O–H groups in total. The quantitative estimate of drug-likeness (QED) is 0.906. The van der Waals surface area contributed by atoms with Gasteiger partial charge >= 0.3 is 0 Å². The van der Waals surface area contributed by atoms with Crippen LogP contribution in [0.2, 0.25) is 0 Å². The first-order chi connectivity index (χ1) is 9.20. The standard InChI is InChI=1S/C16H20FNO/c17-13-6-4-11(5-7-13)8-16(19)12-9-14-2-1-3-15(10-12)18-14/h4-7,12,14-15,18H,1-3,8-10H2. The van der Waals surface area contributed by atoms with Crippen LogP contribution in [0.3, 0.4) is 0 Å². The number of rotatable bonds is 3. The van der Waals surface area contributed by atoms with Crippen molar-refractivity contribution in [3.05, 3.63) is 35.6 Å². The lowest BCUT2D eigenvalue weighted by atomic mass is 9.77. The van der Waals surface area contributed by atoms with Crippen molar-refractivity contribution in [1.82, 2.24) is 5.32 Å². The summed E-state index contributed by atoms with van der Waals surface area (Å²) in [5, 5.41) is 3.61. The largest absolute Gasteiger partial charge is 0.311 e. The van der Waals surface area contributed by atoms with E-state index in [-0.39, 0.29) is 11.7 Å². The maximum atomic E-state index is 12.8. The molecule has 2 saturated heterocycles. The number of benzene rings is 1. The number of fused-ring (bicyclic) bond motifs is 2. The van der Waals surface area contributed by atoms with Crippen molar-refractivity contribution in [2.75, 3.05) is 0 Å². The van der Waals surface area contributed by atoms with Crippen LogP contribution in [-0.4, -0.2) is 17.9 Å². The molecule has 0 saturated carbocycles. The molecule has 3 rings (SSSR count). The van der Waals surface area contributed by atoms with E-state index in [0.717, 1.165) is 18.4 Å². The summed E-state index contributed by atoms with van der Waals surface area (Å²) in [6, 6.07) is 7.37. The van der Waals surface area contributed by atoms with Crippen molar-refractivity contribution in [1.29, 1.82) is 0 Å². The van der Waals surface area contributed by atoms with E-state index in [0.29, 0.717) is 24.3 Å². The number of halogens is 1. The first-order valence-electron chi connectivity index (χ1n) is 7.24. The molecular weight excluding hydrogens is 241 g/mol. The number of hydrogen-bond donors (Lipinski definition) is 1. The number of carbonyl (C=O) groups excluding carboxylic acids is 1. The maximum absolute atomic E-state index is 12.8. The topological polar surface area (TPSA) is 29.1 Å². The monoisotopic (exact) mass is 261 g/mol. The van der Waals surface area contributed by atoms with Crippen LogP contribution in [0.1, 0.15) is 37.7 Å². The highest BCUT2D eigenvalue weighted by molar-refractivity contribution is 5.83. The molecule has 2 aliphatic heterocycles. The zero-order chi connectivity index (χ0) is 13.2. The number of ketones is 1. The first-order valence-corrected chi connectivity index (χ1v) is 7.24. The van der Waals surface area contributed by atoms with Crippen LogP contribution in [0.25, 0.3) is 0 Å². The Morgan fingerprint density at radius 1 is 1.16 bits per heavy atom. The first kappa shape index (κ1) is 12.8. The smallest absolute Gasteiger partial charge is 0.140 e. The molecule has 1 aromatic rings. The molecule has 2 atom stereocenters. The van der Waals surface area contributed by atoms with Gasteiger partial charge in [0.1, 0.15) is 11.6 Å². The second-order valence-corrected chi connectivity index (χ2v) is 5.93. The molecule has 19 heavy (non-hydrogen) atoms. The molecule has 1 aromatic carbocycles. The molecule has 0 aliphatic carbocycles. The van der Waals surface area contributed by atoms with E-state index in [1.54, 1.807) is 12.1 Å². The summed E-state index contributed by atoms with van der Waals surface area (Å²) in [7, 11) is 0. The normalized spacial score (nSPS) is 30.1. The molecule has 0 amide bonds. The van der Waals surface area contributed by atoms with Crippen molar-refractivity contribution < 1.29 is 9.18 Å². The summed E-state index contributed by atoms with van der Waals surface area (Å²) in [6.07, 6.45) is 6.12. The summed E-state index contributed by atoms with van der Waals surface area (Å²) in [6.45, 7) is 0. The molecule has 0 spiro atoms. The van der Waals surface area contributed by atoms with Gasteiger partial charge in [0.15, 0.2) is 0 Å². The van der Waals surface area contributed by atoms with Crippen LogP contribution in [0, 0.1) is 11.7 Å². The predicted molar refractivity (Wildman–Crippen MR) is 72.4 cm³/mol. The molecular formula is C16H20FNO. The third-order valence-corrected chi connectivity index (χ3v) is 4.46. The van der Waals surface area contributed by atoms with Gasteiger partial charge in [-0.05, 0) is 43.4 Å². The summed E-state index contributed by atoms with van der Waals surface area (Å²) < 4.78 is 12.8. The number of carbonyl (C=O) groups is 1. The number of piperidine rings is 2. The maximum Gasteiger partial charge on any atom is 0.140 e. The van der Waals surface area contributed by atoms with Crippen LogP contribution in [0.15, 0.2) is 24.3 Å². The SMILES string of the molecule is O=C(Cc1ccc(F)cc1)C1CC2CCCC(C1)N2. The molecule has 0 aromatic heterocycles. The fourth-order valence-electron chi connectivity index (χ4n) is 3.48. The van der Waals surface area contributed by atoms with E-state index in [1.165, 1.54) is 31.4 Å². The van der Waals surface area contributed by atoms with Crippen molar-refractivity contribution >= 4 is 5.78 Å². The lowest BCUT2D eigenvalue weighted by Gasteiger charge is -2.39. The minimum absolute atomic E-state index is 0.196. The molecule has 0 radical (unpaired) electrons. The van der Waals surface area contributed by atoms with E-state index >= 15 is 0 Å². The lowest BCUT2D eigenvalue weighted by Crippen LogP contribution is -2.50. The Morgan fingerprint density at radius 3 is 2.42 bits per heavy atom. The van der Waals surface area contributed by atoms with Crippen LogP contribution >= 0.6 is 0 Å². The van der Waals surface area contributed by atoms with Gasteiger partial charge in [-0.3, -0.25) is 4.79 Å². The Bertz CT molecular complexity index is 444. The number of Topliss-reactive ketones (excluding diaryl/α,β-unsaturated/α-hetero) is 1. The number of hydrogen-bond acceptors (Lipinski definition) is 2. The van der Waals surface area contributed by atoms with Crippen molar-refractivity contribution in [3.8, 4) is 0 Å². The van der Waals surface area contributed by atoms with Gasteiger partial charge in [-0.2, -0.15) is 0 Å². The van der Waals surface area contributed by atoms with Crippen molar-refractivity contribution in [3.63, 3.8) is 0 Å². The summed E-state index contributed by atoms with van der Waals surface area (Å²) in [5.74, 6) is 0.277. The van der Waals surface area contributed by atoms with E-state index < -0.39 is 0 Å². The molecule has 2 fully saturated rings. The molecule has 3 heteroatoms. The summed E-state index contributed by atoms with van der Waals surface area (Å²) >= 11 is 0. The van der Waals surface area contributed by atoms with E-state index in [9.17, 15) is 9.18 Å². The fourth-order valence-corrected chi connectivity index (χ4v) is 3.48. The molecule has 2 heterocycles. The predicted octanol–water partition coefficient (Wildman–Crippen LogP) is 2.86. The summed E-state index contributed by atoms with van der Waals surface area (Å²) in [5.41, 5.74) is 0.926. The van der Waals surface area contributed by atoms with Gasteiger partial charge in [0.2, 0.25) is 0 Å².